The molecule has 7 heteroatoms. The van der Waals surface area contributed by atoms with Crippen LogP contribution in [0.4, 0.5) is 0 Å². The minimum Gasteiger partial charge on any atom is -0.496 e. The first-order valence-corrected chi connectivity index (χ1v) is 10.1. The molecule has 0 radical (unpaired) electrons. The molecule has 1 aliphatic carbocycles. The van der Waals surface area contributed by atoms with Crippen LogP contribution in [0.15, 0.2) is 24.3 Å². The lowest BCUT2D eigenvalue weighted by atomic mass is 10.2. The van der Waals surface area contributed by atoms with Gasteiger partial charge in [-0.1, -0.05) is 31.0 Å². The molecule has 6 nitrogen and oxygen atoms in total. The highest BCUT2D eigenvalue weighted by molar-refractivity contribution is 7.88. The number of rotatable bonds is 8. The molecule has 0 heterocycles. The standard InChI is InChI=1S/C17H26N2O4S/c1-23-16-10-6-3-7-14(16)13-18-17(20)11-12-19(24(2,21)22)15-8-4-5-9-15/h3,6-7,10,15H,4-5,8-9,11-13H2,1-2H3,(H,18,20). The van der Waals surface area contributed by atoms with E-state index in [1.807, 2.05) is 24.3 Å². The van der Waals surface area contributed by atoms with Crippen LogP contribution in [0.3, 0.4) is 0 Å². The van der Waals surface area contributed by atoms with Crippen LogP contribution in [0, 0.1) is 0 Å². The van der Waals surface area contributed by atoms with Crippen molar-refractivity contribution in [1.29, 1.82) is 0 Å². The van der Waals surface area contributed by atoms with Crippen molar-refractivity contribution in [2.24, 2.45) is 0 Å². The number of nitrogens with zero attached hydrogens (tertiary/aromatic N) is 1. The molecule has 1 aromatic rings. The molecular weight excluding hydrogens is 328 g/mol. The maximum atomic E-state index is 12.1. The zero-order chi connectivity index (χ0) is 17.6. The van der Waals surface area contributed by atoms with Gasteiger partial charge in [-0.25, -0.2) is 8.42 Å². The Hall–Kier alpha value is -1.60. The maximum absolute atomic E-state index is 12.1. The molecule has 0 spiro atoms. The van der Waals surface area contributed by atoms with Crippen LogP contribution in [0.5, 0.6) is 5.75 Å². The summed E-state index contributed by atoms with van der Waals surface area (Å²) in [5, 5.41) is 2.83. The van der Waals surface area contributed by atoms with Gasteiger partial charge in [0.1, 0.15) is 5.75 Å². The van der Waals surface area contributed by atoms with Crippen molar-refractivity contribution >= 4 is 15.9 Å². The molecule has 134 valence electrons. The molecule has 0 unspecified atom stereocenters. The number of carbonyl (C=O) groups excluding carboxylic acids is 1. The highest BCUT2D eigenvalue weighted by Crippen LogP contribution is 2.25. The number of carbonyl (C=O) groups is 1. The zero-order valence-corrected chi connectivity index (χ0v) is 15.1. The van der Waals surface area contributed by atoms with Crippen molar-refractivity contribution in [3.8, 4) is 5.75 Å². The maximum Gasteiger partial charge on any atom is 0.221 e. The highest BCUT2D eigenvalue weighted by atomic mass is 32.2. The average molecular weight is 354 g/mol. The van der Waals surface area contributed by atoms with Gasteiger partial charge in [-0.3, -0.25) is 4.79 Å². The molecule has 1 fully saturated rings. The first-order chi connectivity index (χ1) is 11.4. The van der Waals surface area contributed by atoms with E-state index < -0.39 is 10.0 Å². The van der Waals surface area contributed by atoms with Crippen LogP contribution in [0.25, 0.3) is 0 Å². The van der Waals surface area contributed by atoms with Gasteiger partial charge in [-0.05, 0) is 18.9 Å². The molecule has 0 aliphatic heterocycles. The summed E-state index contributed by atoms with van der Waals surface area (Å²) in [6.45, 7) is 0.604. The normalized spacial score (nSPS) is 15.6. The molecule has 1 aromatic carbocycles. The lowest BCUT2D eigenvalue weighted by Gasteiger charge is -2.26. The Morgan fingerprint density at radius 3 is 2.58 bits per heavy atom. The van der Waals surface area contributed by atoms with Gasteiger partial charge in [0.2, 0.25) is 15.9 Å². The Labute approximate surface area is 144 Å². The van der Waals surface area contributed by atoms with Crippen LogP contribution in [-0.2, 0) is 21.4 Å². The van der Waals surface area contributed by atoms with Gasteiger partial charge in [-0.2, -0.15) is 4.31 Å². The first kappa shape index (κ1) is 18.7. The molecule has 24 heavy (non-hydrogen) atoms. The van der Waals surface area contributed by atoms with Crippen molar-refractivity contribution in [2.45, 2.75) is 44.7 Å². The van der Waals surface area contributed by atoms with E-state index in [4.69, 9.17) is 4.74 Å². The van der Waals surface area contributed by atoms with Crippen molar-refractivity contribution in [2.75, 3.05) is 19.9 Å². The summed E-state index contributed by atoms with van der Waals surface area (Å²) in [4.78, 5) is 12.1. The second kappa shape index (κ2) is 8.48. The third-order valence-corrected chi connectivity index (χ3v) is 5.72. The number of benzene rings is 1. The van der Waals surface area contributed by atoms with Crippen molar-refractivity contribution in [3.05, 3.63) is 29.8 Å². The average Bonchev–Trinajstić information content (AvgIpc) is 3.06. The zero-order valence-electron chi connectivity index (χ0n) is 14.3. The SMILES string of the molecule is COc1ccccc1CNC(=O)CCN(C1CCCC1)S(C)(=O)=O. The fraction of sp³-hybridized carbons (Fsp3) is 0.588. The quantitative estimate of drug-likeness (QED) is 0.774. The van der Waals surface area contributed by atoms with E-state index in [1.54, 1.807) is 7.11 Å². The summed E-state index contributed by atoms with van der Waals surface area (Å²) in [6, 6.07) is 7.53. The lowest BCUT2D eigenvalue weighted by Crippen LogP contribution is -2.40. The van der Waals surface area contributed by atoms with Gasteiger partial charge in [0.25, 0.3) is 0 Å². The predicted molar refractivity (Wildman–Crippen MR) is 93.3 cm³/mol. The number of nitrogens with one attached hydrogen (secondary N) is 1. The van der Waals surface area contributed by atoms with E-state index in [1.165, 1.54) is 10.6 Å². The van der Waals surface area contributed by atoms with Gasteiger partial charge >= 0.3 is 0 Å². The van der Waals surface area contributed by atoms with Crippen LogP contribution in [0.1, 0.15) is 37.7 Å². The smallest absolute Gasteiger partial charge is 0.221 e. The molecule has 0 aromatic heterocycles. The second-order valence-corrected chi connectivity index (χ2v) is 8.09. The minimum atomic E-state index is -3.29. The van der Waals surface area contributed by atoms with Crippen molar-refractivity contribution in [1.82, 2.24) is 9.62 Å². The van der Waals surface area contributed by atoms with E-state index in [-0.39, 0.29) is 24.9 Å². The fourth-order valence-electron chi connectivity index (χ4n) is 3.15. The molecule has 0 saturated heterocycles. The van der Waals surface area contributed by atoms with Crippen LogP contribution < -0.4 is 10.1 Å². The largest absolute Gasteiger partial charge is 0.496 e. The Morgan fingerprint density at radius 1 is 1.29 bits per heavy atom. The summed E-state index contributed by atoms with van der Waals surface area (Å²) in [6.07, 6.45) is 5.26. The predicted octanol–water partition coefficient (Wildman–Crippen LogP) is 1.91. The summed E-state index contributed by atoms with van der Waals surface area (Å²) in [5.41, 5.74) is 0.893. The monoisotopic (exact) mass is 354 g/mol. The van der Waals surface area contributed by atoms with Gasteiger partial charge in [0, 0.05) is 31.1 Å². The molecule has 1 N–H and O–H groups in total. The summed E-state index contributed by atoms with van der Waals surface area (Å²) >= 11 is 0. The Bertz CT molecular complexity index is 654. The number of methoxy groups -OCH3 is 1. The number of amides is 1. The molecule has 2 rings (SSSR count). The van der Waals surface area contributed by atoms with Gasteiger partial charge in [-0.15, -0.1) is 0 Å². The topological polar surface area (TPSA) is 75.7 Å². The van der Waals surface area contributed by atoms with Crippen LogP contribution >= 0.6 is 0 Å². The molecule has 0 atom stereocenters. The van der Waals surface area contributed by atoms with Gasteiger partial charge in [0.15, 0.2) is 0 Å². The van der Waals surface area contributed by atoms with Crippen LogP contribution in [0.2, 0.25) is 0 Å². The minimum absolute atomic E-state index is 0.0435. The molecule has 1 amide bonds. The molecular formula is C17H26N2O4S. The third-order valence-electron chi connectivity index (χ3n) is 4.39. The Kier molecular flexibility index (Phi) is 6.62. The first-order valence-electron chi connectivity index (χ1n) is 8.27. The summed E-state index contributed by atoms with van der Waals surface area (Å²) < 4.78 is 30.7. The van der Waals surface area contributed by atoms with E-state index in [2.05, 4.69) is 5.32 Å². The highest BCUT2D eigenvalue weighted by Gasteiger charge is 2.29. The summed E-state index contributed by atoms with van der Waals surface area (Å²) in [7, 11) is -1.70. The summed E-state index contributed by atoms with van der Waals surface area (Å²) in [5.74, 6) is 0.564. The number of para-hydroxylation sites is 1. The number of sulfonamides is 1. The Balaban J connectivity index is 1.87. The Morgan fingerprint density at radius 2 is 1.96 bits per heavy atom. The fourth-order valence-corrected chi connectivity index (χ4v) is 4.33. The number of ether oxygens (including phenoxy) is 1. The molecule has 1 saturated carbocycles. The van der Waals surface area contributed by atoms with Crippen molar-refractivity contribution < 1.29 is 17.9 Å². The molecule has 1 aliphatic rings. The second-order valence-electron chi connectivity index (χ2n) is 6.15. The van der Waals surface area contributed by atoms with Crippen LogP contribution in [-0.4, -0.2) is 44.6 Å². The number of hydrogen-bond donors (Lipinski definition) is 1. The van der Waals surface area contributed by atoms with Gasteiger partial charge in [0.05, 0.1) is 13.4 Å². The molecule has 0 bridgehead atoms. The number of hydrogen-bond acceptors (Lipinski definition) is 4. The van der Waals surface area contributed by atoms with Gasteiger partial charge < -0.3 is 10.1 Å². The van der Waals surface area contributed by atoms with E-state index >= 15 is 0 Å². The lowest BCUT2D eigenvalue weighted by molar-refractivity contribution is -0.121. The van der Waals surface area contributed by atoms with E-state index in [0.717, 1.165) is 37.0 Å². The van der Waals surface area contributed by atoms with E-state index in [9.17, 15) is 13.2 Å². The van der Waals surface area contributed by atoms with E-state index in [0.29, 0.717) is 6.54 Å². The van der Waals surface area contributed by atoms with Crippen molar-refractivity contribution in [3.63, 3.8) is 0 Å². The third kappa shape index (κ3) is 5.21.